The first-order valence-electron chi connectivity index (χ1n) is 6.98. The largest absolute Gasteiger partial charge is 0.419 e. The summed E-state index contributed by atoms with van der Waals surface area (Å²) < 4.78 is 38.8. The molecule has 0 spiro atoms. The summed E-state index contributed by atoms with van der Waals surface area (Å²) in [7, 11) is 0. The van der Waals surface area contributed by atoms with E-state index in [1.807, 2.05) is 0 Å². The van der Waals surface area contributed by atoms with Gasteiger partial charge in [0.15, 0.2) is 5.69 Å². The molecule has 10 heteroatoms. The number of hydrogen-bond acceptors (Lipinski definition) is 2. The van der Waals surface area contributed by atoms with E-state index in [2.05, 4.69) is 0 Å². The third-order valence-corrected chi connectivity index (χ3v) is 4.93. The molecular formula is C14H15Cl2F3N3O2+. The molecule has 5 nitrogen and oxygen atoms in total. The van der Waals surface area contributed by atoms with Crippen molar-refractivity contribution in [2.45, 2.75) is 12.6 Å². The highest BCUT2D eigenvalue weighted by molar-refractivity contribution is 6.36. The number of rotatable bonds is 2. The number of urea groups is 1. The van der Waals surface area contributed by atoms with Gasteiger partial charge in [0.1, 0.15) is 11.6 Å². The van der Waals surface area contributed by atoms with Crippen molar-refractivity contribution >= 4 is 40.8 Å². The van der Waals surface area contributed by atoms with Crippen LogP contribution < -0.4 is 16.0 Å². The maximum absolute atomic E-state index is 13.2. The van der Waals surface area contributed by atoms with E-state index in [1.165, 1.54) is 18.2 Å². The van der Waals surface area contributed by atoms with Gasteiger partial charge in [-0.1, -0.05) is 23.2 Å². The Bertz CT molecular complexity index is 684. The summed E-state index contributed by atoms with van der Waals surface area (Å²) in [6.07, 6.45) is -5.07. The Morgan fingerprint density at radius 2 is 1.83 bits per heavy atom. The molecule has 4 N–H and O–H groups in total. The lowest BCUT2D eigenvalue weighted by atomic mass is 9.82. The molecule has 1 fully saturated rings. The Hall–Kier alpha value is -1.51. The van der Waals surface area contributed by atoms with E-state index in [9.17, 15) is 22.8 Å². The molecule has 1 aromatic rings. The van der Waals surface area contributed by atoms with E-state index >= 15 is 0 Å². The Morgan fingerprint density at radius 3 is 2.29 bits per heavy atom. The summed E-state index contributed by atoms with van der Waals surface area (Å²) in [6.45, 7) is -0.749. The molecule has 3 unspecified atom stereocenters. The van der Waals surface area contributed by atoms with Gasteiger partial charge in [-0.05, 0) is 12.1 Å². The van der Waals surface area contributed by atoms with Gasteiger partial charge in [-0.3, -0.25) is 4.79 Å². The smallest absolute Gasteiger partial charge is 0.369 e. The second kappa shape index (κ2) is 6.42. The summed E-state index contributed by atoms with van der Waals surface area (Å²) in [6, 6.07) is 3.31. The number of alkyl halides is 3. The van der Waals surface area contributed by atoms with Crippen LogP contribution in [0, 0.1) is 11.8 Å². The monoisotopic (exact) mass is 384 g/mol. The van der Waals surface area contributed by atoms with Crippen LogP contribution in [0.3, 0.4) is 0 Å². The first-order valence-corrected chi connectivity index (χ1v) is 7.73. The topological polar surface area (TPSA) is 86.2 Å². The number of carbonyl (C=O) groups is 2. The summed E-state index contributed by atoms with van der Waals surface area (Å²) in [5, 5.41) is 0.373. The number of halogens is 5. The number of likely N-dealkylation sites (tertiary alicyclic amines) is 1. The van der Waals surface area contributed by atoms with Crippen molar-refractivity contribution in [3.05, 3.63) is 28.2 Å². The number of amides is 3. The summed E-state index contributed by atoms with van der Waals surface area (Å²) in [5.74, 6) is -4.64. The molecule has 1 saturated heterocycles. The fourth-order valence-corrected chi connectivity index (χ4v) is 3.73. The fourth-order valence-electron chi connectivity index (χ4n) is 3.16. The molecule has 24 heavy (non-hydrogen) atoms. The van der Waals surface area contributed by atoms with E-state index in [1.54, 1.807) is 0 Å². The third-order valence-electron chi connectivity index (χ3n) is 4.39. The lowest BCUT2D eigenvalue weighted by molar-refractivity contribution is -0.199. The molecule has 0 aromatic heterocycles. The van der Waals surface area contributed by atoms with Gasteiger partial charge in [-0.25, -0.2) is 9.28 Å². The number of nitrogens with two attached hydrogens (primary N) is 2. The average molecular weight is 385 g/mol. The first kappa shape index (κ1) is 18.8. The van der Waals surface area contributed by atoms with Crippen LogP contribution in [0.5, 0.6) is 0 Å². The first-order chi connectivity index (χ1) is 11.0. The maximum Gasteiger partial charge on any atom is 0.419 e. The highest BCUT2D eigenvalue weighted by Crippen LogP contribution is 2.44. The molecule has 3 amide bonds. The SMILES string of the molecule is NC(=O)C1C[N+](C(N)=O)(c2ccc(Cl)cc2Cl)CCC1C(F)(F)F. The van der Waals surface area contributed by atoms with Crippen LogP contribution in [0.2, 0.25) is 10.0 Å². The number of quaternary nitrogens is 1. The Balaban J connectivity index is 2.52. The van der Waals surface area contributed by atoms with Crippen LogP contribution in [-0.4, -0.2) is 31.2 Å². The van der Waals surface area contributed by atoms with Gasteiger partial charge in [0.2, 0.25) is 5.91 Å². The average Bonchev–Trinajstić information content (AvgIpc) is 2.45. The molecule has 1 aliphatic rings. The quantitative estimate of drug-likeness (QED) is 0.767. The second-order valence-electron chi connectivity index (χ2n) is 5.75. The third kappa shape index (κ3) is 3.31. The van der Waals surface area contributed by atoms with Gasteiger partial charge in [-0.15, -0.1) is 0 Å². The van der Waals surface area contributed by atoms with Crippen molar-refractivity contribution in [1.82, 2.24) is 4.48 Å². The minimum Gasteiger partial charge on any atom is -0.369 e. The van der Waals surface area contributed by atoms with Gasteiger partial charge in [0.05, 0.1) is 18.4 Å². The van der Waals surface area contributed by atoms with E-state index in [4.69, 9.17) is 34.7 Å². The lowest BCUT2D eigenvalue weighted by Crippen LogP contribution is -2.66. The highest BCUT2D eigenvalue weighted by atomic mass is 35.5. The van der Waals surface area contributed by atoms with Gasteiger partial charge in [0.25, 0.3) is 0 Å². The molecule has 0 radical (unpaired) electrons. The van der Waals surface area contributed by atoms with Gasteiger partial charge in [-0.2, -0.15) is 13.2 Å². The maximum atomic E-state index is 13.2. The van der Waals surface area contributed by atoms with E-state index in [0.717, 1.165) is 0 Å². The van der Waals surface area contributed by atoms with Crippen LogP contribution in [0.25, 0.3) is 0 Å². The molecule has 0 aliphatic carbocycles. The number of piperidine rings is 1. The number of carbonyl (C=O) groups excluding carboxylic acids is 2. The van der Waals surface area contributed by atoms with Crippen LogP contribution in [0.15, 0.2) is 18.2 Å². The molecule has 132 valence electrons. The van der Waals surface area contributed by atoms with Crippen molar-refractivity contribution in [2.24, 2.45) is 23.3 Å². The van der Waals surface area contributed by atoms with Crippen molar-refractivity contribution in [3.63, 3.8) is 0 Å². The lowest BCUT2D eigenvalue weighted by Gasteiger charge is -2.43. The molecule has 1 heterocycles. The van der Waals surface area contributed by atoms with Crippen molar-refractivity contribution in [2.75, 3.05) is 13.1 Å². The number of nitrogens with zero attached hydrogens (tertiary/aromatic N) is 1. The molecule has 3 atom stereocenters. The van der Waals surface area contributed by atoms with Crippen molar-refractivity contribution in [1.29, 1.82) is 0 Å². The number of hydrogen-bond donors (Lipinski definition) is 2. The number of benzene rings is 1. The summed E-state index contributed by atoms with van der Waals surface area (Å²) in [5.41, 5.74) is 10.8. The van der Waals surface area contributed by atoms with Crippen LogP contribution >= 0.6 is 23.2 Å². The molecule has 2 rings (SSSR count). The van der Waals surface area contributed by atoms with Crippen molar-refractivity contribution in [3.8, 4) is 0 Å². The molecular weight excluding hydrogens is 370 g/mol. The Labute approximate surface area is 145 Å². The summed E-state index contributed by atoms with van der Waals surface area (Å²) >= 11 is 11.9. The van der Waals surface area contributed by atoms with E-state index < -0.39 is 47.4 Å². The zero-order chi connectivity index (χ0) is 18.3. The van der Waals surface area contributed by atoms with Crippen molar-refractivity contribution < 1.29 is 22.8 Å². The zero-order valence-electron chi connectivity index (χ0n) is 12.3. The fraction of sp³-hybridized carbons (Fsp3) is 0.429. The van der Waals surface area contributed by atoms with E-state index in [0.29, 0.717) is 5.02 Å². The highest BCUT2D eigenvalue weighted by Gasteiger charge is 2.57. The minimum atomic E-state index is -4.60. The van der Waals surface area contributed by atoms with Gasteiger partial charge < -0.3 is 11.5 Å². The Kier molecular flexibility index (Phi) is 5.03. The minimum absolute atomic E-state index is 0.0787. The summed E-state index contributed by atoms with van der Waals surface area (Å²) in [4.78, 5) is 23.7. The Morgan fingerprint density at radius 1 is 1.21 bits per heavy atom. The van der Waals surface area contributed by atoms with Crippen LogP contribution in [0.4, 0.5) is 23.7 Å². The van der Waals surface area contributed by atoms with Crippen LogP contribution in [-0.2, 0) is 4.79 Å². The molecule has 1 aromatic carbocycles. The molecule has 0 bridgehead atoms. The zero-order valence-corrected chi connectivity index (χ0v) is 13.8. The van der Waals surface area contributed by atoms with Crippen LogP contribution in [0.1, 0.15) is 6.42 Å². The second-order valence-corrected chi connectivity index (χ2v) is 6.60. The van der Waals surface area contributed by atoms with E-state index in [-0.39, 0.29) is 17.3 Å². The standard InChI is InChI=1S/C14H14Cl2F3N3O2/c15-7-1-2-11(10(16)5-7)22(13(21)24)4-3-9(14(17,18)19)8(6-22)12(20)23/h1-2,5,8-9H,3-4,6H2,(H3-,20,21,23,24)/p+1. The predicted octanol–water partition coefficient (Wildman–Crippen LogP) is 3.06. The predicted molar refractivity (Wildman–Crippen MR) is 84.4 cm³/mol. The number of primary amides is 2. The van der Waals surface area contributed by atoms with Gasteiger partial charge in [0, 0.05) is 17.5 Å². The molecule has 0 saturated carbocycles. The van der Waals surface area contributed by atoms with Gasteiger partial charge >= 0.3 is 12.2 Å². The normalized spacial score (nSPS) is 27.7. The molecule has 1 aliphatic heterocycles.